The number of ether oxygens (including phenoxy) is 3. The van der Waals surface area contributed by atoms with Crippen LogP contribution < -0.4 is 0 Å². The molecule has 31 heavy (non-hydrogen) atoms. The predicted octanol–water partition coefficient (Wildman–Crippen LogP) is 4.46. The lowest BCUT2D eigenvalue weighted by atomic mass is 10.0. The Morgan fingerprint density at radius 1 is 1.03 bits per heavy atom. The van der Waals surface area contributed by atoms with Crippen molar-refractivity contribution in [1.29, 1.82) is 0 Å². The molecule has 0 amide bonds. The molecule has 1 aliphatic rings. The van der Waals surface area contributed by atoms with Crippen molar-refractivity contribution in [3.8, 4) is 0 Å². The Labute approximate surface area is 179 Å². The van der Waals surface area contributed by atoms with Gasteiger partial charge in [0.2, 0.25) is 11.0 Å². The maximum absolute atomic E-state index is 13.4. The number of aryl methyl sites for hydroxylation is 1. The van der Waals surface area contributed by atoms with Gasteiger partial charge in [0.1, 0.15) is 24.9 Å². The summed E-state index contributed by atoms with van der Waals surface area (Å²) in [7, 11) is 0.433. The molecule has 1 aromatic carbocycles. The van der Waals surface area contributed by atoms with Gasteiger partial charge in [-0.3, -0.25) is 4.79 Å². The molecule has 0 saturated carbocycles. The van der Waals surface area contributed by atoms with Crippen LogP contribution in [-0.4, -0.2) is 67.6 Å². The molecule has 1 unspecified atom stereocenters. The SMILES string of the molecule is COCOC(COCC(C(=O)c1ccc(C)cc1)[S+]1CCCC1)(C(F)(F)F)C(F)(F)F. The van der Waals surface area contributed by atoms with Crippen LogP contribution in [0, 0.1) is 6.92 Å². The standard InChI is InChI=1S/C20H25F6O4S/c1-14-5-7-15(8-6-14)17(27)16(31-9-3-4-10-31)11-29-12-18(19(21,22)23,20(24,25)26)30-13-28-2/h5-8,16H,3-4,9-13H2,1-2H3/q+1. The number of Topliss-reactive ketones (excluding diaryl/α,β-unsaturated/α-hetero) is 1. The number of ketones is 1. The molecule has 0 aliphatic carbocycles. The molecule has 0 N–H and O–H groups in total. The fraction of sp³-hybridized carbons (Fsp3) is 0.650. The highest BCUT2D eigenvalue weighted by Crippen LogP contribution is 2.46. The van der Waals surface area contributed by atoms with E-state index in [1.165, 1.54) is 0 Å². The molecule has 4 nitrogen and oxygen atoms in total. The lowest BCUT2D eigenvalue weighted by molar-refractivity contribution is -0.401. The first-order valence-corrected chi connectivity index (χ1v) is 11.2. The summed E-state index contributed by atoms with van der Waals surface area (Å²) in [5, 5.41) is -0.813. The summed E-state index contributed by atoms with van der Waals surface area (Å²) < 4.78 is 93.9. The van der Waals surface area contributed by atoms with Crippen LogP contribution in [0.4, 0.5) is 26.3 Å². The minimum atomic E-state index is -5.80. The summed E-state index contributed by atoms with van der Waals surface area (Å²) in [5.41, 5.74) is -3.28. The highest BCUT2D eigenvalue weighted by atomic mass is 32.2. The van der Waals surface area contributed by atoms with E-state index in [0.717, 1.165) is 25.5 Å². The number of hydrogen-bond donors (Lipinski definition) is 0. The molecule has 0 aromatic heterocycles. The summed E-state index contributed by atoms with van der Waals surface area (Å²) in [4.78, 5) is 13.0. The van der Waals surface area contributed by atoms with E-state index >= 15 is 0 Å². The first-order chi connectivity index (χ1) is 14.4. The lowest BCUT2D eigenvalue weighted by Gasteiger charge is -2.36. The number of rotatable bonds is 10. The van der Waals surface area contributed by atoms with Gasteiger partial charge in [-0.25, -0.2) is 0 Å². The van der Waals surface area contributed by atoms with Crippen LogP contribution in [0.2, 0.25) is 0 Å². The van der Waals surface area contributed by atoms with Gasteiger partial charge in [0.25, 0.3) is 5.60 Å². The van der Waals surface area contributed by atoms with Gasteiger partial charge in [-0.1, -0.05) is 29.8 Å². The van der Waals surface area contributed by atoms with Crippen molar-refractivity contribution < 1.29 is 45.3 Å². The van der Waals surface area contributed by atoms with E-state index in [0.29, 0.717) is 17.1 Å². The Hall–Kier alpha value is -1.30. The van der Waals surface area contributed by atoms with E-state index in [-0.39, 0.29) is 5.78 Å². The van der Waals surface area contributed by atoms with E-state index < -0.39 is 54.1 Å². The van der Waals surface area contributed by atoms with Gasteiger partial charge >= 0.3 is 12.4 Å². The van der Waals surface area contributed by atoms with Crippen molar-refractivity contribution in [3.05, 3.63) is 35.4 Å². The average molecular weight is 475 g/mol. The third-order valence-electron chi connectivity index (χ3n) is 5.01. The third kappa shape index (κ3) is 6.15. The number of hydrogen-bond acceptors (Lipinski definition) is 4. The van der Waals surface area contributed by atoms with E-state index in [9.17, 15) is 31.1 Å². The van der Waals surface area contributed by atoms with E-state index in [1.807, 2.05) is 6.92 Å². The molecule has 1 heterocycles. The average Bonchev–Trinajstić information content (AvgIpc) is 3.20. The van der Waals surface area contributed by atoms with Crippen molar-refractivity contribution in [2.45, 2.75) is 43.0 Å². The maximum atomic E-state index is 13.4. The van der Waals surface area contributed by atoms with Crippen LogP contribution >= 0.6 is 0 Å². The molecule has 1 atom stereocenters. The van der Waals surface area contributed by atoms with Crippen molar-refractivity contribution >= 4 is 16.7 Å². The topological polar surface area (TPSA) is 44.8 Å². The Morgan fingerprint density at radius 3 is 2.06 bits per heavy atom. The zero-order valence-electron chi connectivity index (χ0n) is 17.1. The van der Waals surface area contributed by atoms with Crippen molar-refractivity contribution in [1.82, 2.24) is 0 Å². The number of alkyl halides is 6. The van der Waals surface area contributed by atoms with Crippen LogP contribution in [0.1, 0.15) is 28.8 Å². The smallest absolute Gasteiger partial charge is 0.372 e. The lowest BCUT2D eigenvalue weighted by Crippen LogP contribution is -2.62. The monoisotopic (exact) mass is 475 g/mol. The number of benzene rings is 1. The third-order valence-corrected chi connectivity index (χ3v) is 7.79. The zero-order valence-corrected chi connectivity index (χ0v) is 18.0. The van der Waals surface area contributed by atoms with Crippen molar-refractivity contribution in [3.63, 3.8) is 0 Å². The predicted molar refractivity (Wildman–Crippen MR) is 104 cm³/mol. The van der Waals surface area contributed by atoms with Gasteiger partial charge in [0.05, 0.1) is 6.61 Å². The van der Waals surface area contributed by atoms with E-state index in [1.54, 1.807) is 24.3 Å². The molecule has 0 bridgehead atoms. The normalized spacial score (nSPS) is 17.2. The first kappa shape index (κ1) is 26.0. The molecular formula is C20H25F6O4S+. The van der Waals surface area contributed by atoms with E-state index in [4.69, 9.17) is 4.74 Å². The van der Waals surface area contributed by atoms with Gasteiger partial charge in [-0.2, -0.15) is 26.3 Å². The Balaban J connectivity index is 2.22. The fourth-order valence-corrected chi connectivity index (χ4v) is 5.84. The maximum Gasteiger partial charge on any atom is 0.428 e. The van der Waals surface area contributed by atoms with Crippen LogP contribution in [0.15, 0.2) is 24.3 Å². The summed E-state index contributed by atoms with van der Waals surface area (Å²) in [5.74, 6) is 1.04. The summed E-state index contributed by atoms with van der Waals surface area (Å²) in [6.07, 6.45) is -9.88. The number of methoxy groups -OCH3 is 1. The number of carbonyl (C=O) groups excluding carboxylic acids is 1. The second kappa shape index (κ2) is 10.5. The Bertz CT molecular complexity index is 700. The number of halogens is 6. The van der Waals surface area contributed by atoms with Gasteiger partial charge in [-0.05, 0) is 19.8 Å². The largest absolute Gasteiger partial charge is 0.428 e. The fourth-order valence-electron chi connectivity index (χ4n) is 3.19. The summed E-state index contributed by atoms with van der Waals surface area (Å²) in [6.45, 7) is -1.77. The molecule has 1 aromatic rings. The number of carbonyl (C=O) groups is 1. The quantitative estimate of drug-likeness (QED) is 0.217. The molecule has 176 valence electrons. The molecule has 1 fully saturated rings. The van der Waals surface area contributed by atoms with Crippen LogP contribution in [0.5, 0.6) is 0 Å². The highest BCUT2D eigenvalue weighted by Gasteiger charge is 2.73. The molecule has 1 aliphatic heterocycles. The van der Waals surface area contributed by atoms with Crippen molar-refractivity contribution in [2.75, 3.05) is 38.6 Å². The molecule has 0 radical (unpaired) electrons. The Kier molecular flexibility index (Phi) is 8.83. The van der Waals surface area contributed by atoms with Gasteiger partial charge in [0, 0.05) is 23.6 Å². The van der Waals surface area contributed by atoms with Crippen LogP contribution in [0.25, 0.3) is 0 Å². The molecule has 11 heteroatoms. The molecule has 0 spiro atoms. The van der Waals surface area contributed by atoms with Crippen LogP contribution in [0.3, 0.4) is 0 Å². The highest BCUT2D eigenvalue weighted by molar-refractivity contribution is 7.98. The van der Waals surface area contributed by atoms with Crippen molar-refractivity contribution in [2.24, 2.45) is 0 Å². The second-order valence-corrected chi connectivity index (χ2v) is 9.72. The molecule has 1 saturated heterocycles. The minimum absolute atomic E-state index is 0.340. The van der Waals surface area contributed by atoms with Gasteiger partial charge in [0.15, 0.2) is 0 Å². The zero-order chi connectivity index (χ0) is 23.3. The first-order valence-electron chi connectivity index (χ1n) is 9.54. The summed E-state index contributed by atoms with van der Waals surface area (Å²) >= 11 is 0. The van der Waals surface area contributed by atoms with Crippen LogP contribution in [-0.2, 0) is 25.1 Å². The molecular weight excluding hydrogens is 450 g/mol. The van der Waals surface area contributed by atoms with E-state index in [2.05, 4.69) is 9.47 Å². The summed E-state index contributed by atoms with van der Waals surface area (Å²) in [6, 6.07) is 6.64. The molecule has 2 rings (SSSR count). The van der Waals surface area contributed by atoms with Gasteiger partial charge in [-0.15, -0.1) is 0 Å². The minimum Gasteiger partial charge on any atom is -0.372 e. The Morgan fingerprint density at radius 2 is 1.58 bits per heavy atom. The van der Waals surface area contributed by atoms with Gasteiger partial charge < -0.3 is 14.2 Å². The second-order valence-electron chi connectivity index (χ2n) is 7.26.